The number of halogens is 1. The Morgan fingerprint density at radius 3 is 2.71 bits per heavy atom. The quantitative estimate of drug-likeness (QED) is 0.787. The zero-order valence-corrected chi connectivity index (χ0v) is 14.0. The second-order valence-corrected chi connectivity index (χ2v) is 5.60. The Kier molecular flexibility index (Phi) is 7.37. The van der Waals surface area contributed by atoms with Crippen molar-refractivity contribution in [3.8, 4) is 5.75 Å². The standard InChI is InChI=1S/C16H25ClN2O2/c1-5-7-12(3)19(4)16(20)18-14-11-13(17)8-9-15(14)21-10-6-2/h8-9,11-12H,5-7,10H2,1-4H3,(H,18,20)/t12-/m1/s1. The second kappa shape index (κ2) is 8.78. The molecule has 0 aliphatic rings. The summed E-state index contributed by atoms with van der Waals surface area (Å²) in [5, 5.41) is 3.44. The normalized spacial score (nSPS) is 11.9. The Labute approximate surface area is 132 Å². The number of anilines is 1. The summed E-state index contributed by atoms with van der Waals surface area (Å²) in [5.74, 6) is 0.645. The molecule has 2 amide bonds. The summed E-state index contributed by atoms with van der Waals surface area (Å²) in [6.45, 7) is 6.78. The van der Waals surface area contributed by atoms with Gasteiger partial charge in [0.05, 0.1) is 12.3 Å². The fraction of sp³-hybridized carbons (Fsp3) is 0.562. The maximum Gasteiger partial charge on any atom is 0.321 e. The Morgan fingerprint density at radius 2 is 2.10 bits per heavy atom. The van der Waals surface area contributed by atoms with Gasteiger partial charge in [-0.2, -0.15) is 0 Å². The third-order valence-corrected chi connectivity index (χ3v) is 3.57. The van der Waals surface area contributed by atoms with Crippen LogP contribution in [0, 0.1) is 0 Å². The van der Waals surface area contributed by atoms with Crippen LogP contribution in [-0.2, 0) is 0 Å². The van der Waals surface area contributed by atoms with Gasteiger partial charge in [-0.25, -0.2) is 4.79 Å². The molecule has 0 aliphatic carbocycles. The SMILES string of the molecule is CCCOc1ccc(Cl)cc1NC(=O)N(C)[C@H](C)CCC. The molecule has 4 nitrogen and oxygen atoms in total. The summed E-state index contributed by atoms with van der Waals surface area (Å²) < 4.78 is 5.64. The van der Waals surface area contributed by atoms with E-state index in [1.54, 1.807) is 30.1 Å². The van der Waals surface area contributed by atoms with Gasteiger partial charge in [0.25, 0.3) is 0 Å². The Balaban J connectivity index is 2.80. The molecule has 0 aromatic heterocycles. The average Bonchev–Trinajstić information content (AvgIpc) is 2.45. The Bertz CT molecular complexity index is 466. The van der Waals surface area contributed by atoms with Crippen molar-refractivity contribution in [2.24, 2.45) is 0 Å². The van der Waals surface area contributed by atoms with Crippen molar-refractivity contribution < 1.29 is 9.53 Å². The fourth-order valence-electron chi connectivity index (χ4n) is 1.95. The number of hydrogen-bond donors (Lipinski definition) is 1. The van der Waals surface area contributed by atoms with Crippen molar-refractivity contribution >= 4 is 23.3 Å². The van der Waals surface area contributed by atoms with Crippen LogP contribution in [0.15, 0.2) is 18.2 Å². The van der Waals surface area contributed by atoms with Crippen LogP contribution in [0.4, 0.5) is 10.5 Å². The van der Waals surface area contributed by atoms with Gasteiger partial charge in [0.2, 0.25) is 0 Å². The molecular weight excluding hydrogens is 288 g/mol. The number of nitrogens with one attached hydrogen (secondary N) is 1. The van der Waals surface area contributed by atoms with E-state index in [1.165, 1.54) is 0 Å². The van der Waals surface area contributed by atoms with Gasteiger partial charge < -0.3 is 15.0 Å². The van der Waals surface area contributed by atoms with Crippen LogP contribution >= 0.6 is 11.6 Å². The minimum Gasteiger partial charge on any atom is -0.491 e. The molecule has 0 fully saturated rings. The highest BCUT2D eigenvalue weighted by Gasteiger charge is 2.16. The molecule has 21 heavy (non-hydrogen) atoms. The van der Waals surface area contributed by atoms with E-state index in [0.29, 0.717) is 23.1 Å². The number of carbonyl (C=O) groups excluding carboxylic acids is 1. The first-order chi connectivity index (χ1) is 9.99. The number of amides is 2. The highest BCUT2D eigenvalue weighted by molar-refractivity contribution is 6.31. The van der Waals surface area contributed by atoms with Crippen molar-refractivity contribution in [1.29, 1.82) is 0 Å². The summed E-state index contributed by atoms with van der Waals surface area (Å²) in [5.41, 5.74) is 0.608. The van der Waals surface area contributed by atoms with E-state index in [0.717, 1.165) is 19.3 Å². The molecule has 118 valence electrons. The van der Waals surface area contributed by atoms with Gasteiger partial charge in [0.15, 0.2) is 0 Å². The Morgan fingerprint density at radius 1 is 1.38 bits per heavy atom. The van der Waals surface area contributed by atoms with Crippen molar-refractivity contribution in [1.82, 2.24) is 4.90 Å². The number of urea groups is 1. The van der Waals surface area contributed by atoms with Crippen LogP contribution in [0.3, 0.4) is 0 Å². The number of nitrogens with zero attached hydrogens (tertiary/aromatic N) is 1. The van der Waals surface area contributed by atoms with Crippen LogP contribution in [-0.4, -0.2) is 30.6 Å². The lowest BCUT2D eigenvalue weighted by Gasteiger charge is -2.25. The molecule has 0 heterocycles. The van der Waals surface area contributed by atoms with Crippen molar-refractivity contribution in [3.05, 3.63) is 23.2 Å². The van der Waals surface area contributed by atoms with Gasteiger partial charge in [0.1, 0.15) is 5.75 Å². The number of ether oxygens (including phenoxy) is 1. The van der Waals surface area contributed by atoms with Crippen molar-refractivity contribution in [2.45, 2.75) is 46.1 Å². The van der Waals surface area contributed by atoms with E-state index in [4.69, 9.17) is 16.3 Å². The second-order valence-electron chi connectivity index (χ2n) is 5.17. The lowest BCUT2D eigenvalue weighted by molar-refractivity contribution is 0.204. The Hall–Kier alpha value is -1.42. The monoisotopic (exact) mass is 312 g/mol. The van der Waals surface area contributed by atoms with Crippen LogP contribution in [0.2, 0.25) is 5.02 Å². The summed E-state index contributed by atoms with van der Waals surface area (Å²) >= 11 is 6.01. The molecule has 1 aromatic rings. The maximum atomic E-state index is 12.3. The van der Waals surface area contributed by atoms with Gasteiger partial charge in [-0.1, -0.05) is 31.9 Å². The molecule has 0 aliphatic heterocycles. The summed E-state index contributed by atoms with van der Waals surface area (Å²) in [7, 11) is 1.80. The highest BCUT2D eigenvalue weighted by atomic mass is 35.5. The smallest absolute Gasteiger partial charge is 0.321 e. The number of benzene rings is 1. The van der Waals surface area contributed by atoms with E-state index < -0.39 is 0 Å². The van der Waals surface area contributed by atoms with E-state index in [2.05, 4.69) is 12.2 Å². The largest absolute Gasteiger partial charge is 0.491 e. The number of rotatable bonds is 7. The van der Waals surface area contributed by atoms with Gasteiger partial charge in [-0.15, -0.1) is 0 Å². The topological polar surface area (TPSA) is 41.6 Å². The molecule has 0 bridgehead atoms. The van der Waals surface area contributed by atoms with Crippen LogP contribution in [0.25, 0.3) is 0 Å². The predicted octanol–water partition coefficient (Wildman–Crippen LogP) is 4.78. The van der Waals surface area contributed by atoms with Crippen LogP contribution < -0.4 is 10.1 Å². The van der Waals surface area contributed by atoms with E-state index in [1.807, 2.05) is 13.8 Å². The summed E-state index contributed by atoms with van der Waals surface area (Å²) in [6.07, 6.45) is 2.92. The first kappa shape index (κ1) is 17.6. The molecule has 0 radical (unpaired) electrons. The zero-order chi connectivity index (χ0) is 15.8. The van der Waals surface area contributed by atoms with Crippen LogP contribution in [0.1, 0.15) is 40.0 Å². The van der Waals surface area contributed by atoms with E-state index in [9.17, 15) is 4.79 Å². The first-order valence-corrected chi connectivity index (χ1v) is 7.83. The highest BCUT2D eigenvalue weighted by Crippen LogP contribution is 2.28. The molecule has 1 N–H and O–H groups in total. The minimum absolute atomic E-state index is 0.153. The summed E-state index contributed by atoms with van der Waals surface area (Å²) in [4.78, 5) is 14.0. The molecular formula is C16H25ClN2O2. The lowest BCUT2D eigenvalue weighted by atomic mass is 10.2. The third-order valence-electron chi connectivity index (χ3n) is 3.33. The zero-order valence-electron chi connectivity index (χ0n) is 13.3. The molecule has 0 spiro atoms. The van der Waals surface area contributed by atoms with E-state index >= 15 is 0 Å². The maximum absolute atomic E-state index is 12.3. The molecule has 0 saturated heterocycles. The van der Waals surface area contributed by atoms with Crippen molar-refractivity contribution in [3.63, 3.8) is 0 Å². The molecule has 1 atom stereocenters. The predicted molar refractivity (Wildman–Crippen MR) is 88.4 cm³/mol. The molecule has 1 aromatic carbocycles. The van der Waals surface area contributed by atoms with Gasteiger partial charge >= 0.3 is 6.03 Å². The average molecular weight is 313 g/mol. The third kappa shape index (κ3) is 5.46. The minimum atomic E-state index is -0.153. The summed E-state index contributed by atoms with van der Waals surface area (Å²) in [6, 6.07) is 5.28. The van der Waals surface area contributed by atoms with Gasteiger partial charge in [-0.05, 0) is 38.0 Å². The van der Waals surface area contributed by atoms with Gasteiger partial charge in [-0.3, -0.25) is 0 Å². The number of carbonyl (C=O) groups is 1. The fourth-order valence-corrected chi connectivity index (χ4v) is 2.12. The van der Waals surface area contributed by atoms with Crippen LogP contribution in [0.5, 0.6) is 5.75 Å². The first-order valence-electron chi connectivity index (χ1n) is 7.45. The lowest BCUT2D eigenvalue weighted by Crippen LogP contribution is -2.38. The molecule has 1 rings (SSSR count). The molecule has 0 unspecified atom stereocenters. The van der Waals surface area contributed by atoms with Crippen molar-refractivity contribution in [2.75, 3.05) is 19.0 Å². The van der Waals surface area contributed by atoms with Gasteiger partial charge in [0, 0.05) is 18.1 Å². The molecule has 0 saturated carbocycles. The molecule has 5 heteroatoms. The van der Waals surface area contributed by atoms with E-state index in [-0.39, 0.29) is 12.1 Å². The number of hydrogen-bond acceptors (Lipinski definition) is 2.